The van der Waals surface area contributed by atoms with Crippen LogP contribution >= 0.6 is 0 Å². The monoisotopic (exact) mass is 197 g/mol. The van der Waals surface area contributed by atoms with E-state index >= 15 is 0 Å². The van der Waals surface area contributed by atoms with Crippen LogP contribution in [0.1, 0.15) is 39.0 Å². The standard InChI is InChI=1S/C12H23NO/c1-2-3-4-5-8-13-9-6-7-12(10-13)11-14/h7,14H,2-6,8-11H2,1H3. The van der Waals surface area contributed by atoms with Crippen LogP contribution < -0.4 is 0 Å². The molecule has 0 bridgehead atoms. The Kier molecular flexibility index (Phi) is 5.88. The van der Waals surface area contributed by atoms with Gasteiger partial charge in [0.15, 0.2) is 0 Å². The molecule has 0 unspecified atom stereocenters. The first kappa shape index (κ1) is 11.7. The minimum atomic E-state index is 0.242. The molecule has 0 saturated carbocycles. The first-order valence-corrected chi connectivity index (χ1v) is 5.88. The van der Waals surface area contributed by atoms with Gasteiger partial charge < -0.3 is 5.11 Å². The SMILES string of the molecule is CCCCCCN1CCC=C(CO)C1. The van der Waals surface area contributed by atoms with E-state index in [4.69, 9.17) is 5.11 Å². The van der Waals surface area contributed by atoms with E-state index in [1.165, 1.54) is 44.3 Å². The van der Waals surface area contributed by atoms with Crippen molar-refractivity contribution in [1.82, 2.24) is 4.90 Å². The molecule has 2 heteroatoms. The average Bonchev–Trinajstić information content (AvgIpc) is 2.25. The molecule has 1 heterocycles. The van der Waals surface area contributed by atoms with Gasteiger partial charge in [0.2, 0.25) is 0 Å². The lowest BCUT2D eigenvalue weighted by Gasteiger charge is -2.26. The number of aliphatic hydroxyl groups excluding tert-OH is 1. The van der Waals surface area contributed by atoms with Crippen LogP contribution in [0.3, 0.4) is 0 Å². The van der Waals surface area contributed by atoms with Gasteiger partial charge in [0.1, 0.15) is 0 Å². The average molecular weight is 197 g/mol. The quantitative estimate of drug-likeness (QED) is 0.521. The molecule has 0 aromatic rings. The van der Waals surface area contributed by atoms with Crippen molar-refractivity contribution in [3.8, 4) is 0 Å². The fourth-order valence-electron chi connectivity index (χ4n) is 1.95. The molecular weight excluding hydrogens is 174 g/mol. The first-order valence-electron chi connectivity index (χ1n) is 5.88. The predicted octanol–water partition coefficient (Wildman–Crippen LogP) is 2.19. The molecule has 1 aliphatic rings. The number of rotatable bonds is 6. The van der Waals surface area contributed by atoms with E-state index in [1.54, 1.807) is 0 Å². The summed E-state index contributed by atoms with van der Waals surface area (Å²) in [7, 11) is 0. The van der Waals surface area contributed by atoms with Gasteiger partial charge in [-0.2, -0.15) is 0 Å². The van der Waals surface area contributed by atoms with Crippen LogP contribution in [-0.4, -0.2) is 36.2 Å². The molecule has 2 nitrogen and oxygen atoms in total. The second kappa shape index (κ2) is 7.02. The van der Waals surface area contributed by atoms with Crippen LogP contribution in [0.5, 0.6) is 0 Å². The maximum Gasteiger partial charge on any atom is 0.0654 e. The third kappa shape index (κ3) is 4.25. The molecule has 0 fully saturated rings. The summed E-state index contributed by atoms with van der Waals surface area (Å²) < 4.78 is 0. The van der Waals surface area contributed by atoms with Gasteiger partial charge in [-0.05, 0) is 25.0 Å². The van der Waals surface area contributed by atoms with Crippen molar-refractivity contribution >= 4 is 0 Å². The normalized spacial score (nSPS) is 18.3. The molecule has 0 saturated heterocycles. The van der Waals surface area contributed by atoms with E-state index in [1.807, 2.05) is 0 Å². The molecule has 0 atom stereocenters. The fourth-order valence-corrected chi connectivity index (χ4v) is 1.95. The molecule has 0 radical (unpaired) electrons. The third-order valence-corrected chi connectivity index (χ3v) is 2.84. The molecule has 0 spiro atoms. The summed E-state index contributed by atoms with van der Waals surface area (Å²) in [5.41, 5.74) is 1.20. The molecule has 0 aromatic heterocycles. The lowest BCUT2D eigenvalue weighted by Crippen LogP contribution is -2.31. The molecular formula is C12H23NO. The Labute approximate surface area is 87.6 Å². The second-order valence-corrected chi connectivity index (χ2v) is 4.15. The summed E-state index contributed by atoms with van der Waals surface area (Å²) >= 11 is 0. The van der Waals surface area contributed by atoms with E-state index in [0.29, 0.717) is 0 Å². The molecule has 0 amide bonds. The van der Waals surface area contributed by atoms with Crippen LogP contribution in [0, 0.1) is 0 Å². The zero-order valence-corrected chi connectivity index (χ0v) is 9.34. The van der Waals surface area contributed by atoms with Crippen molar-refractivity contribution in [3.63, 3.8) is 0 Å². The summed E-state index contributed by atoms with van der Waals surface area (Å²) in [6.45, 7) is 5.86. The Balaban J connectivity index is 2.11. The smallest absolute Gasteiger partial charge is 0.0654 e. The maximum atomic E-state index is 9.02. The molecule has 0 aromatic carbocycles. The van der Waals surface area contributed by atoms with Gasteiger partial charge in [0.25, 0.3) is 0 Å². The van der Waals surface area contributed by atoms with Crippen molar-refractivity contribution in [2.24, 2.45) is 0 Å². The van der Waals surface area contributed by atoms with Gasteiger partial charge in [0, 0.05) is 13.1 Å². The number of hydrogen-bond donors (Lipinski definition) is 1. The summed E-state index contributed by atoms with van der Waals surface area (Å²) in [5.74, 6) is 0. The summed E-state index contributed by atoms with van der Waals surface area (Å²) in [6, 6.07) is 0. The van der Waals surface area contributed by atoms with E-state index in [-0.39, 0.29) is 6.61 Å². The highest BCUT2D eigenvalue weighted by Gasteiger charge is 2.10. The van der Waals surface area contributed by atoms with E-state index in [9.17, 15) is 0 Å². The lowest BCUT2D eigenvalue weighted by atomic mass is 10.1. The van der Waals surface area contributed by atoms with Gasteiger partial charge in [-0.15, -0.1) is 0 Å². The first-order chi connectivity index (χ1) is 6.86. The van der Waals surface area contributed by atoms with Crippen molar-refractivity contribution in [1.29, 1.82) is 0 Å². The maximum absolute atomic E-state index is 9.02. The zero-order valence-electron chi connectivity index (χ0n) is 9.34. The van der Waals surface area contributed by atoms with Crippen LogP contribution in [0.25, 0.3) is 0 Å². The lowest BCUT2D eigenvalue weighted by molar-refractivity contribution is 0.253. The highest BCUT2D eigenvalue weighted by atomic mass is 16.3. The Morgan fingerprint density at radius 1 is 1.36 bits per heavy atom. The Bertz CT molecular complexity index is 177. The van der Waals surface area contributed by atoms with Crippen LogP contribution in [0.15, 0.2) is 11.6 Å². The molecule has 14 heavy (non-hydrogen) atoms. The number of nitrogens with zero attached hydrogens (tertiary/aromatic N) is 1. The summed E-state index contributed by atoms with van der Waals surface area (Å²) in [4.78, 5) is 2.46. The van der Waals surface area contributed by atoms with E-state index in [2.05, 4.69) is 17.9 Å². The van der Waals surface area contributed by atoms with Gasteiger partial charge in [-0.1, -0.05) is 32.3 Å². The van der Waals surface area contributed by atoms with E-state index < -0.39 is 0 Å². The van der Waals surface area contributed by atoms with Crippen molar-refractivity contribution in [2.75, 3.05) is 26.2 Å². The number of unbranched alkanes of at least 4 members (excludes halogenated alkanes) is 3. The highest BCUT2D eigenvalue weighted by molar-refractivity contribution is 5.07. The Morgan fingerprint density at radius 2 is 2.21 bits per heavy atom. The van der Waals surface area contributed by atoms with Gasteiger partial charge in [-0.25, -0.2) is 0 Å². The molecule has 1 N–H and O–H groups in total. The van der Waals surface area contributed by atoms with Gasteiger partial charge >= 0.3 is 0 Å². The van der Waals surface area contributed by atoms with Gasteiger partial charge in [-0.3, -0.25) is 4.90 Å². The minimum Gasteiger partial charge on any atom is -0.392 e. The predicted molar refractivity (Wildman–Crippen MR) is 60.4 cm³/mol. The second-order valence-electron chi connectivity index (χ2n) is 4.15. The fraction of sp³-hybridized carbons (Fsp3) is 0.833. The molecule has 1 aliphatic heterocycles. The largest absolute Gasteiger partial charge is 0.392 e. The third-order valence-electron chi connectivity index (χ3n) is 2.84. The van der Waals surface area contributed by atoms with Crippen molar-refractivity contribution in [2.45, 2.75) is 39.0 Å². The summed E-state index contributed by atoms with van der Waals surface area (Å²) in [5, 5.41) is 9.02. The molecule has 1 rings (SSSR count). The molecule has 0 aliphatic carbocycles. The van der Waals surface area contributed by atoms with Crippen molar-refractivity contribution in [3.05, 3.63) is 11.6 Å². The van der Waals surface area contributed by atoms with E-state index in [0.717, 1.165) is 13.0 Å². The Morgan fingerprint density at radius 3 is 2.93 bits per heavy atom. The van der Waals surface area contributed by atoms with Gasteiger partial charge in [0.05, 0.1) is 6.61 Å². The summed E-state index contributed by atoms with van der Waals surface area (Å²) in [6.07, 6.45) is 8.63. The highest BCUT2D eigenvalue weighted by Crippen LogP contribution is 2.10. The zero-order chi connectivity index (χ0) is 10.2. The Hall–Kier alpha value is -0.340. The van der Waals surface area contributed by atoms with Crippen molar-refractivity contribution < 1.29 is 5.11 Å². The number of hydrogen-bond acceptors (Lipinski definition) is 2. The topological polar surface area (TPSA) is 23.5 Å². The number of aliphatic hydroxyl groups is 1. The minimum absolute atomic E-state index is 0.242. The van der Waals surface area contributed by atoms with Crippen LogP contribution in [-0.2, 0) is 0 Å². The molecule has 82 valence electrons. The van der Waals surface area contributed by atoms with Crippen LogP contribution in [0.4, 0.5) is 0 Å². The van der Waals surface area contributed by atoms with Crippen LogP contribution in [0.2, 0.25) is 0 Å².